The lowest BCUT2D eigenvalue weighted by atomic mass is 10.1. The second-order valence-corrected chi connectivity index (χ2v) is 4.12. The largest absolute Gasteiger partial charge is 0.249 e. The van der Waals surface area contributed by atoms with Crippen LogP contribution in [0, 0.1) is 6.92 Å². The van der Waals surface area contributed by atoms with E-state index in [2.05, 4.69) is 24.0 Å². The fourth-order valence-corrected chi connectivity index (χ4v) is 2.04. The van der Waals surface area contributed by atoms with E-state index in [1.54, 1.807) is 0 Å². The standard InChI is InChI=1S/C16H13N2/c1-2-13-16(12-8-4-3-5-9-12)18-15-11-7-6-10-14(15)17-13/h3-11H,1-2H2. The molecule has 1 aromatic heterocycles. The van der Waals surface area contributed by atoms with Crippen molar-refractivity contribution in [1.29, 1.82) is 0 Å². The number of rotatable bonds is 2. The molecule has 0 spiro atoms. The molecule has 0 N–H and O–H groups in total. The van der Waals surface area contributed by atoms with Crippen molar-refractivity contribution in [2.45, 2.75) is 6.42 Å². The molecule has 0 aliphatic rings. The molecule has 87 valence electrons. The van der Waals surface area contributed by atoms with Gasteiger partial charge in [-0.2, -0.15) is 0 Å². The Morgan fingerprint density at radius 2 is 1.39 bits per heavy atom. The second kappa shape index (κ2) is 4.57. The molecule has 0 unspecified atom stereocenters. The van der Waals surface area contributed by atoms with E-state index in [4.69, 9.17) is 4.98 Å². The van der Waals surface area contributed by atoms with Crippen molar-refractivity contribution in [1.82, 2.24) is 9.97 Å². The van der Waals surface area contributed by atoms with E-state index in [0.29, 0.717) is 6.42 Å². The van der Waals surface area contributed by atoms with E-state index < -0.39 is 0 Å². The van der Waals surface area contributed by atoms with Crippen LogP contribution in [-0.4, -0.2) is 9.97 Å². The topological polar surface area (TPSA) is 25.8 Å². The molecule has 2 aromatic carbocycles. The highest BCUT2D eigenvalue weighted by Crippen LogP contribution is 2.23. The van der Waals surface area contributed by atoms with Gasteiger partial charge in [0, 0.05) is 5.56 Å². The molecule has 0 aliphatic heterocycles. The maximum atomic E-state index is 4.71. The van der Waals surface area contributed by atoms with Crippen molar-refractivity contribution in [3.8, 4) is 11.3 Å². The van der Waals surface area contributed by atoms with Gasteiger partial charge in [-0.25, -0.2) is 9.97 Å². The molecule has 0 atom stereocenters. The molecule has 0 bridgehead atoms. The smallest absolute Gasteiger partial charge is 0.0925 e. The van der Waals surface area contributed by atoms with Crippen LogP contribution in [0.5, 0.6) is 0 Å². The molecule has 1 radical (unpaired) electrons. The minimum Gasteiger partial charge on any atom is -0.249 e. The van der Waals surface area contributed by atoms with E-state index in [9.17, 15) is 0 Å². The molecular formula is C16H13N2. The highest BCUT2D eigenvalue weighted by Gasteiger charge is 2.08. The van der Waals surface area contributed by atoms with Crippen LogP contribution in [0.1, 0.15) is 5.69 Å². The van der Waals surface area contributed by atoms with Crippen molar-refractivity contribution in [2.24, 2.45) is 0 Å². The van der Waals surface area contributed by atoms with Crippen LogP contribution in [0.2, 0.25) is 0 Å². The quantitative estimate of drug-likeness (QED) is 0.675. The van der Waals surface area contributed by atoms with Crippen molar-refractivity contribution in [3.63, 3.8) is 0 Å². The van der Waals surface area contributed by atoms with Crippen LogP contribution in [-0.2, 0) is 6.42 Å². The maximum Gasteiger partial charge on any atom is 0.0925 e. The predicted molar refractivity (Wildman–Crippen MR) is 74.0 cm³/mol. The number of fused-ring (bicyclic) bond motifs is 1. The van der Waals surface area contributed by atoms with E-state index in [0.717, 1.165) is 28.0 Å². The van der Waals surface area contributed by atoms with Gasteiger partial charge in [0.25, 0.3) is 0 Å². The van der Waals surface area contributed by atoms with Gasteiger partial charge in [0.05, 0.1) is 22.4 Å². The second-order valence-electron chi connectivity index (χ2n) is 4.12. The molecule has 3 aromatic rings. The normalized spacial score (nSPS) is 10.7. The molecule has 0 amide bonds. The summed E-state index contributed by atoms with van der Waals surface area (Å²) in [6.45, 7) is 3.95. The highest BCUT2D eigenvalue weighted by molar-refractivity contribution is 5.78. The van der Waals surface area contributed by atoms with E-state index in [-0.39, 0.29) is 0 Å². The number of nitrogens with zero attached hydrogens (tertiary/aromatic N) is 2. The Labute approximate surface area is 106 Å². The summed E-state index contributed by atoms with van der Waals surface area (Å²) >= 11 is 0. The Hall–Kier alpha value is -2.22. The minimum atomic E-state index is 0.641. The van der Waals surface area contributed by atoms with Crippen molar-refractivity contribution in [3.05, 3.63) is 67.2 Å². The highest BCUT2D eigenvalue weighted by atomic mass is 14.8. The molecule has 0 saturated heterocycles. The summed E-state index contributed by atoms with van der Waals surface area (Å²) in [4.78, 5) is 9.36. The first-order valence-electron chi connectivity index (χ1n) is 5.99. The Bertz CT molecular complexity index is 675. The van der Waals surface area contributed by atoms with Gasteiger partial charge in [-0.1, -0.05) is 42.5 Å². The Morgan fingerprint density at radius 3 is 2.06 bits per heavy atom. The third-order valence-electron chi connectivity index (χ3n) is 2.93. The summed E-state index contributed by atoms with van der Waals surface area (Å²) in [6, 6.07) is 18.1. The van der Waals surface area contributed by atoms with Crippen LogP contribution in [0.3, 0.4) is 0 Å². The summed E-state index contributed by atoms with van der Waals surface area (Å²) in [5, 5.41) is 0. The van der Waals surface area contributed by atoms with Gasteiger partial charge >= 0.3 is 0 Å². The summed E-state index contributed by atoms with van der Waals surface area (Å²) < 4.78 is 0. The Kier molecular flexibility index (Phi) is 2.77. The first-order chi connectivity index (χ1) is 8.88. The van der Waals surface area contributed by atoms with Gasteiger partial charge in [-0.15, -0.1) is 0 Å². The Morgan fingerprint density at radius 1 is 0.778 bits per heavy atom. The molecule has 1 heterocycles. The zero-order valence-electron chi connectivity index (χ0n) is 10.0. The average molecular weight is 233 g/mol. The zero-order valence-corrected chi connectivity index (χ0v) is 10.0. The van der Waals surface area contributed by atoms with Gasteiger partial charge in [-0.05, 0) is 25.5 Å². The molecule has 3 rings (SSSR count). The van der Waals surface area contributed by atoms with E-state index in [1.807, 2.05) is 42.5 Å². The van der Waals surface area contributed by atoms with Crippen molar-refractivity contribution >= 4 is 11.0 Å². The van der Waals surface area contributed by atoms with Gasteiger partial charge in [0.15, 0.2) is 0 Å². The van der Waals surface area contributed by atoms with Gasteiger partial charge in [-0.3, -0.25) is 0 Å². The number of hydrogen-bond acceptors (Lipinski definition) is 2. The third kappa shape index (κ3) is 1.86. The van der Waals surface area contributed by atoms with E-state index in [1.165, 1.54) is 0 Å². The maximum absolute atomic E-state index is 4.71. The molecule has 2 heteroatoms. The molecule has 18 heavy (non-hydrogen) atoms. The lowest BCUT2D eigenvalue weighted by Gasteiger charge is -2.08. The van der Waals surface area contributed by atoms with Crippen LogP contribution < -0.4 is 0 Å². The monoisotopic (exact) mass is 233 g/mol. The van der Waals surface area contributed by atoms with Crippen LogP contribution in [0.15, 0.2) is 54.6 Å². The molecule has 2 nitrogen and oxygen atoms in total. The fourth-order valence-electron chi connectivity index (χ4n) is 2.04. The van der Waals surface area contributed by atoms with E-state index >= 15 is 0 Å². The number of aromatic nitrogens is 2. The van der Waals surface area contributed by atoms with Crippen LogP contribution >= 0.6 is 0 Å². The van der Waals surface area contributed by atoms with Gasteiger partial charge < -0.3 is 0 Å². The summed E-state index contributed by atoms with van der Waals surface area (Å²) in [5.74, 6) is 0. The SMILES string of the molecule is [CH2]Cc1nc2ccccc2nc1-c1ccccc1. The molecule has 0 saturated carbocycles. The first-order valence-corrected chi connectivity index (χ1v) is 5.99. The molecule has 0 fully saturated rings. The third-order valence-corrected chi connectivity index (χ3v) is 2.93. The predicted octanol–water partition coefficient (Wildman–Crippen LogP) is 3.67. The molecular weight excluding hydrogens is 220 g/mol. The number of para-hydroxylation sites is 2. The van der Waals surface area contributed by atoms with Crippen molar-refractivity contribution < 1.29 is 0 Å². The Balaban J connectivity index is 2.27. The lowest BCUT2D eigenvalue weighted by molar-refractivity contribution is 1.11. The summed E-state index contributed by atoms with van der Waals surface area (Å²) in [7, 11) is 0. The van der Waals surface area contributed by atoms with Crippen LogP contribution in [0.25, 0.3) is 22.3 Å². The zero-order chi connectivity index (χ0) is 12.4. The van der Waals surface area contributed by atoms with Crippen LogP contribution in [0.4, 0.5) is 0 Å². The van der Waals surface area contributed by atoms with Crippen molar-refractivity contribution in [2.75, 3.05) is 0 Å². The summed E-state index contributed by atoms with van der Waals surface area (Å²) in [5.41, 5.74) is 4.82. The average Bonchev–Trinajstić information content (AvgIpc) is 2.46. The lowest BCUT2D eigenvalue weighted by Crippen LogP contribution is -1.97. The fraction of sp³-hybridized carbons (Fsp3) is 0.0625. The summed E-state index contributed by atoms with van der Waals surface area (Å²) in [6.07, 6.45) is 0.641. The minimum absolute atomic E-state index is 0.641. The number of hydrogen-bond donors (Lipinski definition) is 0. The van der Waals surface area contributed by atoms with Gasteiger partial charge in [0.1, 0.15) is 0 Å². The van der Waals surface area contributed by atoms with Gasteiger partial charge in [0.2, 0.25) is 0 Å². The molecule has 0 aliphatic carbocycles. The number of benzene rings is 2. The first kappa shape index (κ1) is 10.9.